The molecule has 1 heterocycles. The van der Waals surface area contributed by atoms with Crippen molar-refractivity contribution in [3.8, 4) is 5.75 Å². The summed E-state index contributed by atoms with van der Waals surface area (Å²) in [6.45, 7) is 0. The molecule has 0 bridgehead atoms. The van der Waals surface area contributed by atoms with Crippen molar-refractivity contribution in [2.24, 2.45) is 4.99 Å². The summed E-state index contributed by atoms with van der Waals surface area (Å²) >= 11 is 0. The van der Waals surface area contributed by atoms with E-state index in [0.717, 1.165) is 17.0 Å². The van der Waals surface area contributed by atoms with Gasteiger partial charge in [-0.05, 0) is 47.5 Å². The third-order valence-corrected chi connectivity index (χ3v) is 5.82. The Labute approximate surface area is 210 Å². The lowest BCUT2D eigenvalue weighted by Gasteiger charge is -2.21. The molecule has 37 heavy (non-hydrogen) atoms. The molecule has 4 rings (SSSR count). The molecule has 3 aromatic rings. The van der Waals surface area contributed by atoms with Gasteiger partial charge in [0.25, 0.3) is 5.91 Å². The van der Waals surface area contributed by atoms with E-state index in [4.69, 9.17) is 4.74 Å². The van der Waals surface area contributed by atoms with Crippen LogP contribution in [0.15, 0.2) is 89.6 Å². The van der Waals surface area contributed by atoms with Crippen LogP contribution in [0.5, 0.6) is 5.75 Å². The first-order valence-corrected chi connectivity index (χ1v) is 11.1. The largest absolute Gasteiger partial charge is 0.497 e. The number of carbonyl (C=O) groups excluding carboxylic acids is 1. The van der Waals surface area contributed by atoms with Crippen LogP contribution in [0.3, 0.4) is 0 Å². The van der Waals surface area contributed by atoms with Crippen molar-refractivity contribution in [1.82, 2.24) is 9.80 Å². The van der Waals surface area contributed by atoms with E-state index in [0.29, 0.717) is 28.6 Å². The topological polar surface area (TPSA) is 82.4 Å². The third kappa shape index (κ3) is 5.32. The Morgan fingerprint density at radius 2 is 1.68 bits per heavy atom. The molecule has 1 aliphatic heterocycles. The maximum atomic E-state index is 13.2. The first-order valence-electron chi connectivity index (χ1n) is 11.1. The van der Waals surface area contributed by atoms with Crippen LogP contribution in [0.25, 0.3) is 6.08 Å². The van der Waals surface area contributed by atoms with Crippen LogP contribution >= 0.6 is 0 Å². The van der Waals surface area contributed by atoms with Gasteiger partial charge in [-0.1, -0.05) is 48.5 Å². The van der Waals surface area contributed by atoms with Crippen molar-refractivity contribution in [2.45, 2.75) is 12.2 Å². The average molecular weight is 509 g/mol. The monoisotopic (exact) mass is 509 g/mol. The highest BCUT2D eigenvalue weighted by Gasteiger charge is 2.43. The van der Waals surface area contributed by atoms with Gasteiger partial charge in [-0.25, -0.2) is 9.69 Å². The molecule has 1 saturated heterocycles. The number of benzene rings is 3. The Balaban J connectivity index is 1.84. The normalized spacial score (nSPS) is 17.9. The van der Waals surface area contributed by atoms with Gasteiger partial charge < -0.3 is 14.7 Å². The Morgan fingerprint density at radius 3 is 2.27 bits per heavy atom. The summed E-state index contributed by atoms with van der Waals surface area (Å²) in [5, 5.41) is 10.1. The minimum absolute atomic E-state index is 0.238. The molecular formula is C27H22F3N3O4. The molecular weight excluding hydrogens is 487 g/mol. The number of carboxylic acid groups (broad SMARTS) is 1. The van der Waals surface area contributed by atoms with Gasteiger partial charge in [0.15, 0.2) is 0 Å². The highest BCUT2D eigenvalue weighted by Crippen LogP contribution is 2.39. The fraction of sp³-hybridized carbons (Fsp3) is 0.148. The zero-order valence-corrected chi connectivity index (χ0v) is 19.8. The second-order valence-electron chi connectivity index (χ2n) is 8.18. The Morgan fingerprint density at radius 1 is 1.00 bits per heavy atom. The lowest BCUT2D eigenvalue weighted by Crippen LogP contribution is -2.35. The van der Waals surface area contributed by atoms with E-state index in [9.17, 15) is 27.9 Å². The minimum Gasteiger partial charge on any atom is -0.497 e. The number of carbonyl (C=O) groups is 2. The van der Waals surface area contributed by atoms with Crippen molar-refractivity contribution in [3.05, 3.63) is 107 Å². The smallest absolute Gasteiger partial charge is 0.418 e. The molecule has 1 unspecified atom stereocenters. The van der Waals surface area contributed by atoms with Crippen molar-refractivity contribution in [2.75, 3.05) is 14.2 Å². The molecule has 1 atom stereocenters. The van der Waals surface area contributed by atoms with E-state index in [-0.39, 0.29) is 11.5 Å². The first kappa shape index (κ1) is 25.5. The summed E-state index contributed by atoms with van der Waals surface area (Å²) in [5.74, 6) is -0.645. The molecule has 7 nitrogen and oxygen atoms in total. The molecule has 1 N–H and O–H groups in total. The molecule has 1 aliphatic rings. The number of nitrogens with zero attached hydrogens (tertiary/aromatic N) is 3. The third-order valence-electron chi connectivity index (χ3n) is 5.82. The average Bonchev–Trinajstić information content (AvgIpc) is 3.14. The minimum atomic E-state index is -4.65. The van der Waals surface area contributed by atoms with Gasteiger partial charge in [0.2, 0.25) is 5.96 Å². The SMILES string of the molecule is COc1ccc(C2C(=Cc3ccccc3)N(C(=O)O)C(=NC(=O)c3cccc(C(F)(F)F)c3)N2C)cc1. The van der Waals surface area contributed by atoms with Crippen molar-refractivity contribution in [1.29, 1.82) is 0 Å². The summed E-state index contributed by atoms with van der Waals surface area (Å²) in [4.78, 5) is 31.7. The summed E-state index contributed by atoms with van der Waals surface area (Å²) in [7, 11) is 3.09. The number of aliphatic imine (C=N–C) groups is 1. The number of amides is 2. The number of likely N-dealkylation sites (N-methyl/N-ethyl adjacent to an activating group) is 1. The molecule has 0 radical (unpaired) electrons. The predicted octanol–water partition coefficient (Wildman–Crippen LogP) is 5.92. The van der Waals surface area contributed by atoms with E-state index in [1.54, 1.807) is 61.7 Å². The number of hydrogen-bond acceptors (Lipinski definition) is 3. The van der Waals surface area contributed by atoms with Gasteiger partial charge in [0.1, 0.15) is 5.75 Å². The second kappa shape index (κ2) is 10.2. The first-order chi connectivity index (χ1) is 17.6. The van der Waals surface area contributed by atoms with Gasteiger partial charge in [0.05, 0.1) is 24.4 Å². The molecule has 3 aromatic carbocycles. The van der Waals surface area contributed by atoms with E-state index in [1.807, 2.05) is 6.07 Å². The van der Waals surface area contributed by atoms with Crippen LogP contribution in [0.1, 0.15) is 33.1 Å². The van der Waals surface area contributed by atoms with E-state index < -0.39 is 29.8 Å². The van der Waals surface area contributed by atoms with Crippen LogP contribution in [-0.2, 0) is 6.18 Å². The second-order valence-corrected chi connectivity index (χ2v) is 8.18. The number of alkyl halides is 3. The van der Waals surface area contributed by atoms with Crippen LogP contribution < -0.4 is 4.74 Å². The quantitative estimate of drug-likeness (QED) is 0.472. The zero-order chi connectivity index (χ0) is 26.7. The summed E-state index contributed by atoms with van der Waals surface area (Å²) in [5.41, 5.74) is 0.369. The Hall–Kier alpha value is -4.60. The van der Waals surface area contributed by atoms with Crippen molar-refractivity contribution >= 4 is 24.0 Å². The number of hydrogen-bond donors (Lipinski definition) is 1. The van der Waals surface area contributed by atoms with Crippen LogP contribution in [-0.4, -0.2) is 47.0 Å². The maximum Gasteiger partial charge on any atom is 0.418 e. The predicted molar refractivity (Wildman–Crippen MR) is 131 cm³/mol. The van der Waals surface area contributed by atoms with Crippen LogP contribution in [0.2, 0.25) is 0 Å². The van der Waals surface area contributed by atoms with Crippen LogP contribution in [0, 0.1) is 0 Å². The highest BCUT2D eigenvalue weighted by molar-refractivity contribution is 6.08. The van der Waals surface area contributed by atoms with E-state index in [2.05, 4.69) is 4.99 Å². The standard InChI is InChI=1S/C27H22F3N3O4/c1-32-23(18-11-13-21(37-2)14-12-18)22(15-17-7-4-3-5-8-17)33(26(35)36)25(32)31-24(34)19-9-6-10-20(16-19)27(28,29)30/h3-16,23H,1-2H3,(H,35,36). The number of methoxy groups -OCH3 is 1. The summed E-state index contributed by atoms with van der Waals surface area (Å²) < 4.78 is 44.7. The molecule has 0 spiro atoms. The lowest BCUT2D eigenvalue weighted by molar-refractivity contribution is -0.137. The van der Waals surface area contributed by atoms with Crippen LogP contribution in [0.4, 0.5) is 18.0 Å². The Bertz CT molecular complexity index is 1370. The number of halogens is 3. The number of ether oxygens (including phenoxy) is 1. The van der Waals surface area contributed by atoms with Gasteiger partial charge in [-0.15, -0.1) is 0 Å². The number of rotatable bonds is 4. The maximum absolute atomic E-state index is 13.2. The van der Waals surface area contributed by atoms with Crippen molar-refractivity contribution in [3.63, 3.8) is 0 Å². The zero-order valence-electron chi connectivity index (χ0n) is 19.8. The van der Waals surface area contributed by atoms with E-state index in [1.165, 1.54) is 18.1 Å². The molecule has 10 heteroatoms. The highest BCUT2D eigenvalue weighted by atomic mass is 19.4. The molecule has 2 amide bonds. The lowest BCUT2D eigenvalue weighted by atomic mass is 10.0. The fourth-order valence-electron chi connectivity index (χ4n) is 4.06. The molecule has 1 fully saturated rings. The van der Waals surface area contributed by atoms with Gasteiger partial charge in [0, 0.05) is 12.6 Å². The summed E-state index contributed by atoms with van der Waals surface area (Å²) in [6.07, 6.45) is -4.39. The molecule has 190 valence electrons. The molecule has 0 saturated carbocycles. The fourth-order valence-corrected chi connectivity index (χ4v) is 4.06. The molecule has 0 aromatic heterocycles. The summed E-state index contributed by atoms with van der Waals surface area (Å²) in [6, 6.07) is 19.1. The van der Waals surface area contributed by atoms with Gasteiger partial charge >= 0.3 is 12.3 Å². The molecule has 0 aliphatic carbocycles. The van der Waals surface area contributed by atoms with Gasteiger partial charge in [-0.3, -0.25) is 4.79 Å². The Kier molecular flexibility index (Phi) is 7.01. The van der Waals surface area contributed by atoms with Crippen molar-refractivity contribution < 1.29 is 32.6 Å². The van der Waals surface area contributed by atoms with E-state index >= 15 is 0 Å². The number of guanidine groups is 1. The van der Waals surface area contributed by atoms with Gasteiger partial charge in [-0.2, -0.15) is 18.2 Å².